The zero-order valence-corrected chi connectivity index (χ0v) is 19.8. The lowest BCUT2D eigenvalue weighted by Crippen LogP contribution is -2.55. The number of fused-ring (bicyclic) bond motifs is 4. The van der Waals surface area contributed by atoms with Crippen LogP contribution in [0.3, 0.4) is 0 Å². The monoisotopic (exact) mass is 450 g/mol. The fourth-order valence-corrected chi connectivity index (χ4v) is 6.24. The molecule has 4 nitrogen and oxygen atoms in total. The van der Waals surface area contributed by atoms with Crippen LogP contribution in [-0.4, -0.2) is 36.0 Å². The first-order chi connectivity index (χ1) is 16.6. The van der Waals surface area contributed by atoms with Crippen LogP contribution in [0.5, 0.6) is 5.75 Å². The minimum atomic E-state index is -0.0214. The van der Waals surface area contributed by atoms with Crippen LogP contribution in [0.15, 0.2) is 72.8 Å². The predicted molar refractivity (Wildman–Crippen MR) is 136 cm³/mol. The molecule has 2 aliphatic rings. The third-order valence-corrected chi connectivity index (χ3v) is 8.13. The highest BCUT2D eigenvalue weighted by atomic mass is 16.5. The maximum Gasteiger partial charge on any atom is 0.253 e. The second-order valence-corrected chi connectivity index (χ2v) is 9.96. The fourth-order valence-electron chi connectivity index (χ4n) is 6.24. The maximum absolute atomic E-state index is 13.4. The molecule has 1 fully saturated rings. The van der Waals surface area contributed by atoms with Gasteiger partial charge in [0, 0.05) is 40.7 Å². The van der Waals surface area contributed by atoms with Gasteiger partial charge < -0.3 is 14.6 Å². The molecular weight excluding hydrogens is 420 g/mol. The zero-order chi connectivity index (χ0) is 23.3. The standard InChI is InChI=1S/C30H30N2O2/c1-20-10-12-21(13-11-20)29(33)32-15-14-30(22-6-5-7-24(16-22)34-2)18-28-26(17-23(30)19-32)25-8-3-4-9-27(25)31-28/h3-13,16,23,31H,14-15,17-19H2,1-2H3/t23?,30-/m1/s1. The Hall–Kier alpha value is -3.53. The van der Waals surface area contributed by atoms with E-state index in [0.717, 1.165) is 43.7 Å². The molecule has 1 saturated heterocycles. The number of aromatic nitrogens is 1. The molecule has 4 aromatic rings. The lowest BCUT2D eigenvalue weighted by atomic mass is 9.58. The number of carbonyl (C=O) groups excluding carboxylic acids is 1. The van der Waals surface area contributed by atoms with Gasteiger partial charge in [-0.1, -0.05) is 48.0 Å². The number of amides is 1. The molecule has 0 bridgehead atoms. The van der Waals surface area contributed by atoms with Gasteiger partial charge in [-0.15, -0.1) is 0 Å². The van der Waals surface area contributed by atoms with E-state index >= 15 is 0 Å². The molecule has 0 radical (unpaired) electrons. The van der Waals surface area contributed by atoms with E-state index in [1.54, 1.807) is 7.11 Å². The normalized spacial score (nSPS) is 21.7. The number of hydrogen-bond acceptors (Lipinski definition) is 2. The Balaban J connectivity index is 1.41. The van der Waals surface area contributed by atoms with E-state index in [1.807, 2.05) is 30.3 Å². The maximum atomic E-state index is 13.4. The van der Waals surface area contributed by atoms with Gasteiger partial charge in [0.1, 0.15) is 5.75 Å². The van der Waals surface area contributed by atoms with Gasteiger partial charge in [0.25, 0.3) is 5.91 Å². The SMILES string of the molecule is COc1cccc([C@]23CCN(C(=O)c4ccc(C)cc4)CC2Cc2c([nH]c4ccccc24)C3)c1. The zero-order valence-electron chi connectivity index (χ0n) is 19.8. The minimum Gasteiger partial charge on any atom is -0.497 e. The second kappa shape index (κ2) is 8.05. The lowest BCUT2D eigenvalue weighted by Gasteiger charge is -2.51. The first-order valence-corrected chi connectivity index (χ1v) is 12.2. The number of rotatable bonds is 3. The number of methoxy groups -OCH3 is 1. The summed E-state index contributed by atoms with van der Waals surface area (Å²) in [6.07, 6.45) is 2.87. The van der Waals surface area contributed by atoms with E-state index in [0.29, 0.717) is 5.92 Å². The van der Waals surface area contributed by atoms with Crippen molar-refractivity contribution in [1.82, 2.24) is 9.88 Å². The summed E-state index contributed by atoms with van der Waals surface area (Å²) in [4.78, 5) is 19.2. The van der Waals surface area contributed by atoms with Gasteiger partial charge in [0.2, 0.25) is 0 Å². The molecule has 1 aromatic heterocycles. The molecule has 3 aromatic carbocycles. The van der Waals surface area contributed by atoms with Crippen LogP contribution in [0.1, 0.15) is 39.2 Å². The van der Waals surface area contributed by atoms with Crippen molar-refractivity contribution >= 4 is 16.8 Å². The number of carbonyl (C=O) groups is 1. The number of piperidine rings is 1. The quantitative estimate of drug-likeness (QED) is 0.436. The number of nitrogens with one attached hydrogen (secondary N) is 1. The topological polar surface area (TPSA) is 45.3 Å². The van der Waals surface area contributed by atoms with Gasteiger partial charge in [-0.3, -0.25) is 4.79 Å². The summed E-state index contributed by atoms with van der Waals surface area (Å²) in [6.45, 7) is 3.58. The molecule has 4 heteroatoms. The Morgan fingerprint density at radius 3 is 2.71 bits per heavy atom. The van der Waals surface area contributed by atoms with E-state index in [-0.39, 0.29) is 11.3 Å². The van der Waals surface area contributed by atoms with Crippen LogP contribution in [0.4, 0.5) is 0 Å². The minimum absolute atomic E-state index is 0.0214. The third kappa shape index (κ3) is 3.32. The molecule has 1 aliphatic carbocycles. The average molecular weight is 451 g/mol. The number of likely N-dealkylation sites (tertiary alicyclic amines) is 1. The molecule has 1 aliphatic heterocycles. The van der Waals surface area contributed by atoms with Gasteiger partial charge in [-0.2, -0.15) is 0 Å². The van der Waals surface area contributed by atoms with Crippen molar-refractivity contribution in [2.24, 2.45) is 5.92 Å². The van der Waals surface area contributed by atoms with Crippen LogP contribution in [0, 0.1) is 12.8 Å². The molecular formula is C30H30N2O2. The van der Waals surface area contributed by atoms with Crippen molar-refractivity contribution in [2.75, 3.05) is 20.2 Å². The van der Waals surface area contributed by atoms with Crippen molar-refractivity contribution in [2.45, 2.75) is 31.6 Å². The molecule has 1 unspecified atom stereocenters. The molecule has 6 rings (SSSR count). The first-order valence-electron chi connectivity index (χ1n) is 12.2. The fraction of sp³-hybridized carbons (Fsp3) is 0.300. The summed E-state index contributed by atoms with van der Waals surface area (Å²) < 4.78 is 5.59. The molecule has 2 heterocycles. The summed E-state index contributed by atoms with van der Waals surface area (Å²) in [5.74, 6) is 1.38. The number of para-hydroxylation sites is 1. The molecule has 1 N–H and O–H groups in total. The van der Waals surface area contributed by atoms with Crippen molar-refractivity contribution in [3.05, 3.63) is 101 Å². The summed E-state index contributed by atoms with van der Waals surface area (Å²) in [6, 6.07) is 25.1. The highest BCUT2D eigenvalue weighted by molar-refractivity contribution is 5.94. The Morgan fingerprint density at radius 1 is 1.06 bits per heavy atom. The smallest absolute Gasteiger partial charge is 0.253 e. The van der Waals surface area contributed by atoms with E-state index < -0.39 is 0 Å². The first kappa shape index (κ1) is 21.0. The molecule has 1 amide bonds. The number of hydrogen-bond donors (Lipinski definition) is 1. The summed E-state index contributed by atoms with van der Waals surface area (Å²) >= 11 is 0. The third-order valence-electron chi connectivity index (χ3n) is 8.13. The number of benzene rings is 3. The van der Waals surface area contributed by atoms with Crippen LogP contribution in [-0.2, 0) is 18.3 Å². The number of nitrogens with zero attached hydrogens (tertiary/aromatic N) is 1. The van der Waals surface area contributed by atoms with E-state index in [2.05, 4.69) is 59.3 Å². The van der Waals surface area contributed by atoms with E-state index in [1.165, 1.54) is 33.3 Å². The van der Waals surface area contributed by atoms with Crippen LogP contribution >= 0.6 is 0 Å². The number of aromatic amines is 1. The van der Waals surface area contributed by atoms with Gasteiger partial charge in [0.05, 0.1) is 7.11 Å². The summed E-state index contributed by atoms with van der Waals surface area (Å²) in [5.41, 5.74) is 7.23. The Kier molecular flexibility index (Phi) is 4.98. The number of H-pyrrole nitrogens is 1. The van der Waals surface area contributed by atoms with Crippen LogP contribution < -0.4 is 4.74 Å². The van der Waals surface area contributed by atoms with Crippen molar-refractivity contribution in [3.63, 3.8) is 0 Å². The lowest BCUT2D eigenvalue weighted by molar-refractivity contribution is 0.0501. The highest BCUT2D eigenvalue weighted by Gasteiger charge is 2.49. The van der Waals surface area contributed by atoms with E-state index in [9.17, 15) is 4.79 Å². The summed E-state index contributed by atoms with van der Waals surface area (Å²) in [7, 11) is 1.73. The Morgan fingerprint density at radius 2 is 1.88 bits per heavy atom. The summed E-state index contributed by atoms with van der Waals surface area (Å²) in [5, 5.41) is 1.32. The second-order valence-electron chi connectivity index (χ2n) is 9.96. The Bertz CT molecular complexity index is 1370. The molecule has 0 saturated carbocycles. The van der Waals surface area contributed by atoms with Crippen LogP contribution in [0.2, 0.25) is 0 Å². The molecule has 172 valence electrons. The van der Waals surface area contributed by atoms with Gasteiger partial charge >= 0.3 is 0 Å². The average Bonchev–Trinajstić information content (AvgIpc) is 3.24. The number of ether oxygens (including phenoxy) is 1. The van der Waals surface area contributed by atoms with Gasteiger partial charge in [-0.05, 0) is 73.6 Å². The van der Waals surface area contributed by atoms with Crippen molar-refractivity contribution in [3.8, 4) is 5.75 Å². The largest absolute Gasteiger partial charge is 0.497 e. The van der Waals surface area contributed by atoms with E-state index in [4.69, 9.17) is 4.74 Å². The molecule has 0 spiro atoms. The molecule has 34 heavy (non-hydrogen) atoms. The predicted octanol–water partition coefficient (Wildman–Crippen LogP) is 5.68. The van der Waals surface area contributed by atoms with Gasteiger partial charge in [0.15, 0.2) is 0 Å². The van der Waals surface area contributed by atoms with Crippen molar-refractivity contribution < 1.29 is 9.53 Å². The van der Waals surface area contributed by atoms with Gasteiger partial charge in [-0.25, -0.2) is 0 Å². The highest BCUT2D eigenvalue weighted by Crippen LogP contribution is 2.49. The molecule has 2 atom stereocenters. The van der Waals surface area contributed by atoms with Crippen LogP contribution in [0.25, 0.3) is 10.9 Å². The number of aryl methyl sites for hydroxylation is 1. The van der Waals surface area contributed by atoms with Crippen molar-refractivity contribution in [1.29, 1.82) is 0 Å². The Labute approximate surface area is 200 Å².